The Morgan fingerprint density at radius 1 is 1.35 bits per heavy atom. The number of carboxylic acids is 1. The van der Waals surface area contributed by atoms with Crippen LogP contribution in [0.5, 0.6) is 0 Å². The Morgan fingerprint density at radius 2 is 1.88 bits per heavy atom. The average Bonchev–Trinajstić information content (AvgIpc) is 2.22. The number of hydrogen-bond donors (Lipinski definition) is 2. The summed E-state index contributed by atoms with van der Waals surface area (Å²) in [6.45, 7) is 1.23. The van der Waals surface area contributed by atoms with Crippen LogP contribution >= 0.6 is 11.6 Å². The molecule has 0 spiro atoms. The standard InChI is InChI=1S/C10H8ClF2NO3/c1-4(10(16)17)14-9(15)5-2-7(12)8(13)3-6(5)11/h2-4H,1H3,(H,14,15)(H,16,17)/t4-/m0/s1. The number of aliphatic carboxylic acids is 1. The van der Waals surface area contributed by atoms with E-state index in [0.29, 0.717) is 12.1 Å². The molecule has 92 valence electrons. The molecule has 0 unspecified atom stereocenters. The zero-order chi connectivity index (χ0) is 13.2. The van der Waals surface area contributed by atoms with Gasteiger partial charge in [0.05, 0.1) is 10.6 Å². The summed E-state index contributed by atoms with van der Waals surface area (Å²) >= 11 is 5.54. The van der Waals surface area contributed by atoms with Crippen LogP contribution in [0.3, 0.4) is 0 Å². The average molecular weight is 264 g/mol. The Bertz CT molecular complexity index is 479. The minimum Gasteiger partial charge on any atom is -0.480 e. The number of benzene rings is 1. The quantitative estimate of drug-likeness (QED) is 0.818. The molecule has 4 nitrogen and oxygen atoms in total. The molecule has 0 heterocycles. The maximum absolute atomic E-state index is 12.9. The van der Waals surface area contributed by atoms with E-state index in [1.165, 1.54) is 6.92 Å². The number of nitrogens with one attached hydrogen (secondary N) is 1. The predicted molar refractivity (Wildman–Crippen MR) is 55.9 cm³/mol. The maximum atomic E-state index is 12.9. The van der Waals surface area contributed by atoms with E-state index in [0.717, 1.165) is 0 Å². The molecule has 0 aliphatic rings. The number of rotatable bonds is 3. The number of hydrogen-bond acceptors (Lipinski definition) is 2. The first-order valence-corrected chi connectivity index (χ1v) is 4.89. The zero-order valence-corrected chi connectivity index (χ0v) is 9.39. The second-order valence-electron chi connectivity index (χ2n) is 3.28. The van der Waals surface area contributed by atoms with Gasteiger partial charge in [0.25, 0.3) is 5.91 Å². The lowest BCUT2D eigenvalue weighted by molar-refractivity contribution is -0.138. The van der Waals surface area contributed by atoms with Crippen LogP contribution in [0.2, 0.25) is 5.02 Å². The highest BCUT2D eigenvalue weighted by atomic mass is 35.5. The molecule has 0 aromatic heterocycles. The number of carboxylic acid groups (broad SMARTS) is 1. The molecule has 1 aromatic carbocycles. The largest absolute Gasteiger partial charge is 0.480 e. The maximum Gasteiger partial charge on any atom is 0.325 e. The van der Waals surface area contributed by atoms with Gasteiger partial charge in [0.2, 0.25) is 0 Å². The van der Waals surface area contributed by atoms with Gasteiger partial charge in [-0.1, -0.05) is 11.6 Å². The SMILES string of the molecule is C[C@H](NC(=O)c1cc(F)c(F)cc1Cl)C(=O)O. The molecule has 0 aliphatic carbocycles. The van der Waals surface area contributed by atoms with Crippen molar-refractivity contribution in [3.63, 3.8) is 0 Å². The van der Waals surface area contributed by atoms with Gasteiger partial charge in [-0.25, -0.2) is 8.78 Å². The van der Waals surface area contributed by atoms with Gasteiger partial charge in [0.15, 0.2) is 11.6 Å². The van der Waals surface area contributed by atoms with Crippen LogP contribution in [-0.4, -0.2) is 23.0 Å². The molecule has 7 heteroatoms. The van der Waals surface area contributed by atoms with Crippen molar-refractivity contribution >= 4 is 23.5 Å². The normalized spacial score (nSPS) is 12.0. The molecule has 17 heavy (non-hydrogen) atoms. The molecule has 1 atom stereocenters. The van der Waals surface area contributed by atoms with E-state index in [4.69, 9.17) is 16.7 Å². The van der Waals surface area contributed by atoms with Crippen LogP contribution in [0.1, 0.15) is 17.3 Å². The van der Waals surface area contributed by atoms with Crippen LogP contribution in [0, 0.1) is 11.6 Å². The minimum atomic E-state index is -1.25. The van der Waals surface area contributed by atoms with Crippen molar-refractivity contribution in [2.75, 3.05) is 0 Å². The van der Waals surface area contributed by atoms with E-state index in [1.54, 1.807) is 0 Å². The van der Waals surface area contributed by atoms with Crippen molar-refractivity contribution in [1.82, 2.24) is 5.32 Å². The second-order valence-corrected chi connectivity index (χ2v) is 3.69. The second kappa shape index (κ2) is 5.09. The Kier molecular flexibility index (Phi) is 4.01. The molecule has 0 fully saturated rings. The third-order valence-corrected chi connectivity index (χ3v) is 2.29. The van der Waals surface area contributed by atoms with Crippen molar-refractivity contribution in [2.24, 2.45) is 0 Å². The summed E-state index contributed by atoms with van der Waals surface area (Å²) in [6.07, 6.45) is 0. The topological polar surface area (TPSA) is 66.4 Å². The van der Waals surface area contributed by atoms with Crippen molar-refractivity contribution in [2.45, 2.75) is 13.0 Å². The molecular weight excluding hydrogens is 256 g/mol. The first-order chi connectivity index (χ1) is 7.82. The van der Waals surface area contributed by atoms with E-state index >= 15 is 0 Å². The molecule has 0 radical (unpaired) electrons. The first kappa shape index (κ1) is 13.4. The molecular formula is C10H8ClF2NO3. The van der Waals surface area contributed by atoms with Crippen LogP contribution in [0.15, 0.2) is 12.1 Å². The number of carbonyl (C=O) groups is 2. The van der Waals surface area contributed by atoms with Crippen LogP contribution in [-0.2, 0) is 4.79 Å². The fraction of sp³-hybridized carbons (Fsp3) is 0.200. The number of carbonyl (C=O) groups excluding carboxylic acids is 1. The smallest absolute Gasteiger partial charge is 0.325 e. The van der Waals surface area contributed by atoms with Gasteiger partial charge in [-0.2, -0.15) is 0 Å². The summed E-state index contributed by atoms with van der Waals surface area (Å²) in [5.74, 6) is -4.55. The number of amides is 1. The third-order valence-electron chi connectivity index (χ3n) is 1.97. The molecule has 1 rings (SSSR count). The van der Waals surface area contributed by atoms with Gasteiger partial charge < -0.3 is 10.4 Å². The van der Waals surface area contributed by atoms with Crippen molar-refractivity contribution in [3.05, 3.63) is 34.4 Å². The highest BCUT2D eigenvalue weighted by Crippen LogP contribution is 2.19. The highest BCUT2D eigenvalue weighted by Gasteiger charge is 2.19. The Labute approximate surface area is 100 Å². The van der Waals surface area contributed by atoms with Gasteiger partial charge in [-0.15, -0.1) is 0 Å². The van der Waals surface area contributed by atoms with E-state index in [1.807, 2.05) is 0 Å². The molecule has 0 saturated heterocycles. The van der Waals surface area contributed by atoms with Crippen LogP contribution in [0.25, 0.3) is 0 Å². The molecule has 0 aliphatic heterocycles. The Morgan fingerprint density at radius 3 is 2.41 bits per heavy atom. The van der Waals surface area contributed by atoms with E-state index < -0.39 is 29.6 Å². The molecule has 0 bridgehead atoms. The molecule has 0 saturated carbocycles. The van der Waals surface area contributed by atoms with Gasteiger partial charge in [0.1, 0.15) is 6.04 Å². The summed E-state index contributed by atoms with van der Waals surface area (Å²) in [7, 11) is 0. The monoisotopic (exact) mass is 263 g/mol. The van der Waals surface area contributed by atoms with E-state index in [2.05, 4.69) is 5.32 Å². The summed E-state index contributed by atoms with van der Waals surface area (Å²) in [5, 5.41) is 10.3. The van der Waals surface area contributed by atoms with Gasteiger partial charge in [-0.3, -0.25) is 9.59 Å². The summed E-state index contributed by atoms with van der Waals surface area (Å²) in [4.78, 5) is 22.0. The number of halogens is 3. The Hall–Kier alpha value is -1.69. The predicted octanol–water partition coefficient (Wildman–Crippen LogP) is 1.82. The van der Waals surface area contributed by atoms with Gasteiger partial charge in [0, 0.05) is 0 Å². The van der Waals surface area contributed by atoms with E-state index in [9.17, 15) is 18.4 Å². The summed E-state index contributed by atoms with van der Waals surface area (Å²) in [6, 6.07) is 0.102. The van der Waals surface area contributed by atoms with Crippen LogP contribution < -0.4 is 5.32 Å². The lowest BCUT2D eigenvalue weighted by Crippen LogP contribution is -2.38. The van der Waals surface area contributed by atoms with Crippen molar-refractivity contribution in [1.29, 1.82) is 0 Å². The lowest BCUT2D eigenvalue weighted by atomic mass is 10.2. The fourth-order valence-corrected chi connectivity index (χ4v) is 1.27. The highest BCUT2D eigenvalue weighted by molar-refractivity contribution is 6.33. The van der Waals surface area contributed by atoms with Crippen molar-refractivity contribution in [3.8, 4) is 0 Å². The van der Waals surface area contributed by atoms with Gasteiger partial charge >= 0.3 is 5.97 Å². The van der Waals surface area contributed by atoms with E-state index in [-0.39, 0.29) is 10.6 Å². The third kappa shape index (κ3) is 3.13. The Balaban J connectivity index is 2.97. The van der Waals surface area contributed by atoms with Crippen molar-refractivity contribution < 1.29 is 23.5 Å². The lowest BCUT2D eigenvalue weighted by Gasteiger charge is -2.10. The van der Waals surface area contributed by atoms with Gasteiger partial charge in [-0.05, 0) is 19.1 Å². The molecule has 1 amide bonds. The zero-order valence-electron chi connectivity index (χ0n) is 8.63. The summed E-state index contributed by atoms with van der Waals surface area (Å²) < 4.78 is 25.6. The molecule has 2 N–H and O–H groups in total. The summed E-state index contributed by atoms with van der Waals surface area (Å²) in [5.41, 5.74) is -0.321. The first-order valence-electron chi connectivity index (χ1n) is 4.51. The minimum absolute atomic E-state index is 0.293. The van der Waals surface area contributed by atoms with Crippen LogP contribution in [0.4, 0.5) is 8.78 Å². The molecule has 1 aromatic rings. The fourth-order valence-electron chi connectivity index (χ4n) is 1.03.